The van der Waals surface area contributed by atoms with E-state index in [4.69, 9.17) is 4.74 Å². The van der Waals surface area contributed by atoms with Crippen LogP contribution in [0.5, 0.6) is 5.75 Å². The van der Waals surface area contributed by atoms with Gasteiger partial charge >= 0.3 is 5.97 Å². The number of aromatic amines is 1. The molecule has 0 unspecified atom stereocenters. The van der Waals surface area contributed by atoms with Gasteiger partial charge in [0, 0.05) is 30.1 Å². The molecule has 4 aromatic carbocycles. The Labute approximate surface area is 300 Å². The Hall–Kier alpha value is -5.37. The Morgan fingerprint density at radius 1 is 0.686 bits per heavy atom. The van der Waals surface area contributed by atoms with Crippen LogP contribution < -0.4 is 15.4 Å². The zero-order valence-electron chi connectivity index (χ0n) is 29.4. The van der Waals surface area contributed by atoms with Crippen molar-refractivity contribution in [3.8, 4) is 5.75 Å². The number of hydrogen-bond donors (Lipinski definition) is 4. The first-order valence-electron chi connectivity index (χ1n) is 18.0. The lowest BCUT2D eigenvalue weighted by Gasteiger charge is -2.26. The van der Waals surface area contributed by atoms with Crippen LogP contribution in [0.15, 0.2) is 115 Å². The van der Waals surface area contributed by atoms with Crippen LogP contribution in [0, 0.1) is 11.8 Å². The highest BCUT2D eigenvalue weighted by Gasteiger charge is 2.35. The fourth-order valence-corrected chi connectivity index (χ4v) is 6.77. The number of unbranched alkanes of at least 4 members (excludes halogenated alkanes) is 1. The maximum atomic E-state index is 14.3. The molecule has 1 aromatic heterocycles. The molecule has 5 rings (SSSR count). The van der Waals surface area contributed by atoms with Crippen molar-refractivity contribution in [2.24, 2.45) is 11.8 Å². The van der Waals surface area contributed by atoms with E-state index in [9.17, 15) is 19.5 Å². The van der Waals surface area contributed by atoms with Gasteiger partial charge in [0.1, 0.15) is 11.8 Å². The number of carboxylic acids is 1. The lowest BCUT2D eigenvalue weighted by atomic mass is 9.82. The number of nitrogens with one attached hydrogen (secondary N) is 3. The molecule has 4 N–H and O–H groups in total. The molecular formula is C43H49N3O5. The summed E-state index contributed by atoms with van der Waals surface area (Å²) in [6.07, 6.45) is 7.19. The number of H-pyrrole nitrogens is 1. The van der Waals surface area contributed by atoms with Crippen LogP contribution in [0.2, 0.25) is 0 Å². The summed E-state index contributed by atoms with van der Waals surface area (Å²) in [6, 6.07) is 34.8. The molecule has 0 aliphatic rings. The number of para-hydroxylation sites is 1. The van der Waals surface area contributed by atoms with Gasteiger partial charge in [0.15, 0.2) is 0 Å². The summed E-state index contributed by atoms with van der Waals surface area (Å²) in [5, 5.41) is 17.5. The number of methoxy groups -OCH3 is 1. The SMILES string of the molecule is COc1ccc(CCC[C@@H](C(=O)N[C@@H](Cc2c[nH]c3ccccc23)C(=O)NCCc2ccccc2)[C@H](CCCCc2ccccc2)C(=O)O)cc1. The number of rotatable bonds is 20. The Morgan fingerprint density at radius 3 is 1.98 bits per heavy atom. The second-order valence-corrected chi connectivity index (χ2v) is 13.2. The summed E-state index contributed by atoms with van der Waals surface area (Å²) in [4.78, 5) is 44.2. The predicted octanol–water partition coefficient (Wildman–Crippen LogP) is 7.32. The van der Waals surface area contributed by atoms with E-state index in [2.05, 4.69) is 27.8 Å². The molecule has 0 radical (unpaired) electrons. The molecule has 3 atom stereocenters. The zero-order valence-corrected chi connectivity index (χ0v) is 29.4. The second kappa shape index (κ2) is 19.1. The number of fused-ring (bicyclic) bond motifs is 1. The van der Waals surface area contributed by atoms with Crippen LogP contribution in [0.1, 0.15) is 54.4 Å². The first-order valence-corrected chi connectivity index (χ1v) is 18.0. The topological polar surface area (TPSA) is 121 Å². The molecule has 8 nitrogen and oxygen atoms in total. The highest BCUT2D eigenvalue weighted by molar-refractivity contribution is 5.91. The van der Waals surface area contributed by atoms with Crippen LogP contribution in [-0.4, -0.2) is 47.6 Å². The van der Waals surface area contributed by atoms with Crippen molar-refractivity contribution in [3.05, 3.63) is 138 Å². The Bertz CT molecular complexity index is 1820. The van der Waals surface area contributed by atoms with Crippen molar-refractivity contribution < 1.29 is 24.2 Å². The van der Waals surface area contributed by atoms with E-state index in [1.54, 1.807) is 7.11 Å². The summed E-state index contributed by atoms with van der Waals surface area (Å²) in [5.41, 5.74) is 5.24. The molecule has 51 heavy (non-hydrogen) atoms. The minimum absolute atomic E-state index is 0.264. The third-order valence-electron chi connectivity index (χ3n) is 9.64. The third-order valence-corrected chi connectivity index (χ3v) is 9.64. The molecule has 0 spiro atoms. The molecule has 0 saturated carbocycles. The lowest BCUT2D eigenvalue weighted by Crippen LogP contribution is -2.51. The van der Waals surface area contributed by atoms with Gasteiger partial charge in [0.2, 0.25) is 11.8 Å². The summed E-state index contributed by atoms with van der Waals surface area (Å²) >= 11 is 0. The highest BCUT2D eigenvalue weighted by Crippen LogP contribution is 2.27. The first kappa shape index (κ1) is 36.9. The van der Waals surface area contributed by atoms with E-state index in [1.807, 2.05) is 103 Å². The van der Waals surface area contributed by atoms with Crippen LogP contribution in [-0.2, 0) is 40.1 Å². The van der Waals surface area contributed by atoms with Crippen LogP contribution >= 0.6 is 0 Å². The lowest BCUT2D eigenvalue weighted by molar-refractivity contribution is -0.148. The molecule has 5 aromatic rings. The van der Waals surface area contributed by atoms with Gasteiger partial charge in [0.25, 0.3) is 0 Å². The average Bonchev–Trinajstić information content (AvgIpc) is 3.57. The zero-order chi connectivity index (χ0) is 35.8. The smallest absolute Gasteiger partial charge is 0.307 e. The molecule has 1 heterocycles. The van der Waals surface area contributed by atoms with Crippen molar-refractivity contribution in [1.29, 1.82) is 0 Å². The standard InChI is InChI=1S/C43H49N3O5/c1-51-35-25-23-33(24-26-35)18-12-21-37(38(43(49)50)20-9-8-17-31-13-4-2-5-14-31)41(47)46-40(29-34-30-45-39-22-11-10-19-36(34)39)42(48)44-28-27-32-15-6-3-7-16-32/h2-7,10-11,13-16,19,22-26,30,37-38,40,45H,8-9,12,17-18,20-21,27-29H2,1H3,(H,44,48)(H,46,47)(H,49,50)/t37-,38+,40+/m1/s1. The van der Waals surface area contributed by atoms with E-state index in [0.717, 1.165) is 46.2 Å². The fourth-order valence-electron chi connectivity index (χ4n) is 6.77. The summed E-state index contributed by atoms with van der Waals surface area (Å²) in [6.45, 7) is 0.410. The van der Waals surface area contributed by atoms with Gasteiger partial charge in [0.05, 0.1) is 18.9 Å². The Morgan fingerprint density at radius 2 is 1.29 bits per heavy atom. The molecular weight excluding hydrogens is 638 g/mol. The monoisotopic (exact) mass is 687 g/mol. The minimum Gasteiger partial charge on any atom is -0.497 e. The van der Waals surface area contributed by atoms with Crippen LogP contribution in [0.25, 0.3) is 10.9 Å². The molecule has 2 amide bonds. The summed E-state index contributed by atoms with van der Waals surface area (Å²) in [7, 11) is 1.62. The Kier molecular flexibility index (Phi) is 13.8. The maximum Gasteiger partial charge on any atom is 0.307 e. The number of carbonyl (C=O) groups is 3. The van der Waals surface area contributed by atoms with Gasteiger partial charge in [-0.3, -0.25) is 14.4 Å². The highest BCUT2D eigenvalue weighted by atomic mass is 16.5. The van der Waals surface area contributed by atoms with Gasteiger partial charge in [-0.1, -0.05) is 97.4 Å². The van der Waals surface area contributed by atoms with E-state index in [1.165, 1.54) is 5.56 Å². The number of aliphatic carboxylic acids is 1. The van der Waals surface area contributed by atoms with E-state index in [-0.39, 0.29) is 12.3 Å². The largest absolute Gasteiger partial charge is 0.497 e. The number of amides is 2. The second-order valence-electron chi connectivity index (χ2n) is 13.2. The Balaban J connectivity index is 1.32. The van der Waals surface area contributed by atoms with E-state index < -0.39 is 29.8 Å². The van der Waals surface area contributed by atoms with E-state index >= 15 is 0 Å². The minimum atomic E-state index is -0.986. The molecule has 0 aliphatic heterocycles. The van der Waals surface area contributed by atoms with Gasteiger partial charge in [-0.15, -0.1) is 0 Å². The van der Waals surface area contributed by atoms with Crippen molar-refractivity contribution in [2.75, 3.05) is 13.7 Å². The summed E-state index contributed by atoms with van der Waals surface area (Å²) < 4.78 is 5.29. The number of carbonyl (C=O) groups excluding carboxylic acids is 2. The fraction of sp³-hybridized carbons (Fsp3) is 0.326. The van der Waals surface area contributed by atoms with Gasteiger partial charge < -0.3 is 25.5 Å². The van der Waals surface area contributed by atoms with Crippen molar-refractivity contribution >= 4 is 28.7 Å². The number of ether oxygens (including phenoxy) is 1. The van der Waals surface area contributed by atoms with Crippen molar-refractivity contribution in [3.63, 3.8) is 0 Å². The van der Waals surface area contributed by atoms with Crippen LogP contribution in [0.3, 0.4) is 0 Å². The molecule has 0 fully saturated rings. The quantitative estimate of drug-likeness (QED) is 0.0640. The number of carboxylic acid groups (broad SMARTS) is 1. The summed E-state index contributed by atoms with van der Waals surface area (Å²) in [5.74, 6) is -2.60. The number of aryl methyl sites for hydroxylation is 2. The molecule has 266 valence electrons. The molecule has 0 saturated heterocycles. The molecule has 0 aliphatic carbocycles. The average molecular weight is 688 g/mol. The molecule has 0 bridgehead atoms. The van der Waals surface area contributed by atoms with Gasteiger partial charge in [-0.2, -0.15) is 0 Å². The van der Waals surface area contributed by atoms with Crippen molar-refractivity contribution in [1.82, 2.24) is 15.6 Å². The number of aromatic nitrogens is 1. The third kappa shape index (κ3) is 11.1. The van der Waals surface area contributed by atoms with Crippen LogP contribution in [0.4, 0.5) is 0 Å². The van der Waals surface area contributed by atoms with Gasteiger partial charge in [-0.05, 0) is 85.4 Å². The first-order chi connectivity index (χ1) is 24.9. The van der Waals surface area contributed by atoms with Crippen molar-refractivity contribution in [2.45, 2.75) is 63.8 Å². The van der Waals surface area contributed by atoms with Gasteiger partial charge in [-0.25, -0.2) is 0 Å². The van der Waals surface area contributed by atoms with E-state index in [0.29, 0.717) is 45.1 Å². The molecule has 8 heteroatoms. The normalized spacial score (nSPS) is 12.9. The predicted molar refractivity (Wildman–Crippen MR) is 202 cm³/mol. The number of benzene rings is 4. The number of hydrogen-bond acceptors (Lipinski definition) is 4. The maximum absolute atomic E-state index is 14.3.